The summed E-state index contributed by atoms with van der Waals surface area (Å²) in [4.78, 5) is 30.4. The number of rotatable bonds is 5. The highest BCUT2D eigenvalue weighted by molar-refractivity contribution is 6.30. The highest BCUT2D eigenvalue weighted by atomic mass is 35.5. The van der Waals surface area contributed by atoms with E-state index in [-0.39, 0.29) is 6.61 Å². The van der Waals surface area contributed by atoms with Crippen LogP contribution < -0.4 is 5.73 Å². The smallest absolute Gasteiger partial charge is 0.328 e. The molecule has 1 aromatic carbocycles. The fourth-order valence-corrected chi connectivity index (χ4v) is 1.32. The lowest BCUT2D eigenvalue weighted by Crippen LogP contribution is -2.42. The minimum Gasteiger partial charge on any atom is -0.478 e. The van der Waals surface area contributed by atoms with E-state index in [1.54, 1.807) is 32.0 Å². The average molecular weight is 344 g/mol. The van der Waals surface area contributed by atoms with Crippen LogP contribution in [0.3, 0.4) is 0 Å². The molecule has 23 heavy (non-hydrogen) atoms. The maximum Gasteiger partial charge on any atom is 0.328 e. The van der Waals surface area contributed by atoms with E-state index in [1.807, 2.05) is 6.07 Å². The number of esters is 1. The minimum atomic E-state index is -1.26. The van der Waals surface area contributed by atoms with Gasteiger partial charge in [-0.1, -0.05) is 23.7 Å². The molecule has 0 aromatic heterocycles. The van der Waals surface area contributed by atoms with Crippen molar-refractivity contribution >= 4 is 29.5 Å². The highest BCUT2D eigenvalue weighted by Crippen LogP contribution is 2.12. The van der Waals surface area contributed by atoms with Gasteiger partial charge in [0.15, 0.2) is 0 Å². The van der Waals surface area contributed by atoms with Crippen molar-refractivity contribution in [3.05, 3.63) is 47.0 Å². The zero-order chi connectivity index (χ0) is 18.0. The molecule has 1 aromatic rings. The number of halogens is 1. The van der Waals surface area contributed by atoms with Crippen molar-refractivity contribution in [2.45, 2.75) is 26.0 Å². The van der Waals surface area contributed by atoms with Crippen LogP contribution in [0.15, 0.2) is 36.4 Å². The third-order valence-electron chi connectivity index (χ3n) is 2.15. The Balaban J connectivity index is 0.000000515. The molecule has 8 heteroatoms. The molecule has 0 unspecified atom stereocenters. The molecule has 0 amide bonds. The summed E-state index contributed by atoms with van der Waals surface area (Å²) in [7, 11) is 0. The summed E-state index contributed by atoms with van der Waals surface area (Å²) in [5.74, 6) is -2.94. The molecular formula is C15H18ClNO6. The number of carbonyl (C=O) groups excluding carboxylic acids is 1. The molecule has 0 aliphatic rings. The number of hydrogen-bond acceptors (Lipinski definition) is 5. The van der Waals surface area contributed by atoms with E-state index >= 15 is 0 Å². The Morgan fingerprint density at radius 2 is 1.74 bits per heavy atom. The van der Waals surface area contributed by atoms with Crippen LogP contribution in [0, 0.1) is 0 Å². The van der Waals surface area contributed by atoms with E-state index in [9.17, 15) is 14.4 Å². The zero-order valence-electron chi connectivity index (χ0n) is 12.7. The van der Waals surface area contributed by atoms with Gasteiger partial charge in [0, 0.05) is 17.2 Å². The van der Waals surface area contributed by atoms with Gasteiger partial charge in [-0.3, -0.25) is 4.79 Å². The molecule has 0 bridgehead atoms. The molecule has 1 rings (SSSR count). The van der Waals surface area contributed by atoms with Crippen LogP contribution in [-0.4, -0.2) is 33.7 Å². The van der Waals surface area contributed by atoms with Gasteiger partial charge in [0.2, 0.25) is 0 Å². The maximum absolute atomic E-state index is 11.3. The summed E-state index contributed by atoms with van der Waals surface area (Å²) >= 11 is 5.78. The largest absolute Gasteiger partial charge is 0.478 e. The normalized spacial score (nSPS) is 10.6. The van der Waals surface area contributed by atoms with Crippen molar-refractivity contribution in [2.75, 3.05) is 0 Å². The molecule has 0 aliphatic carbocycles. The SMILES string of the molecule is CC(C)(N)C(=O)OCc1cccc(Cl)c1.O=C(O)/C=C/C(=O)O. The average Bonchev–Trinajstić information content (AvgIpc) is 2.42. The van der Waals surface area contributed by atoms with E-state index in [0.29, 0.717) is 17.2 Å². The Kier molecular flexibility index (Phi) is 8.61. The van der Waals surface area contributed by atoms with Crippen molar-refractivity contribution in [1.29, 1.82) is 0 Å². The van der Waals surface area contributed by atoms with Crippen LogP contribution in [0.5, 0.6) is 0 Å². The Bertz CT molecular complexity index is 576. The Morgan fingerprint density at radius 1 is 1.22 bits per heavy atom. The second kappa shape index (κ2) is 9.60. The summed E-state index contributed by atoms with van der Waals surface area (Å²) in [5, 5.41) is 16.2. The number of benzene rings is 1. The molecule has 0 saturated carbocycles. The molecule has 0 fully saturated rings. The predicted octanol–water partition coefficient (Wildman–Crippen LogP) is 1.83. The third kappa shape index (κ3) is 10.9. The number of carbonyl (C=O) groups is 3. The van der Waals surface area contributed by atoms with E-state index in [1.165, 1.54) is 0 Å². The van der Waals surface area contributed by atoms with Gasteiger partial charge in [0.25, 0.3) is 0 Å². The summed E-state index contributed by atoms with van der Waals surface area (Å²) in [5.41, 5.74) is 5.46. The molecule has 126 valence electrons. The molecule has 7 nitrogen and oxygen atoms in total. The van der Waals surface area contributed by atoms with Gasteiger partial charge in [-0.15, -0.1) is 0 Å². The fourth-order valence-electron chi connectivity index (χ4n) is 1.10. The molecular weight excluding hydrogens is 326 g/mol. The number of nitrogens with two attached hydrogens (primary N) is 1. The molecule has 0 saturated heterocycles. The highest BCUT2D eigenvalue weighted by Gasteiger charge is 2.23. The maximum atomic E-state index is 11.3. The van der Waals surface area contributed by atoms with E-state index < -0.39 is 23.4 Å². The lowest BCUT2D eigenvalue weighted by molar-refractivity contribution is -0.150. The summed E-state index contributed by atoms with van der Waals surface area (Å²) in [6.45, 7) is 3.40. The molecule has 0 heterocycles. The van der Waals surface area contributed by atoms with Crippen LogP contribution in [0.1, 0.15) is 19.4 Å². The number of carboxylic acid groups (broad SMARTS) is 2. The zero-order valence-corrected chi connectivity index (χ0v) is 13.4. The lowest BCUT2D eigenvalue weighted by Gasteiger charge is -2.16. The van der Waals surface area contributed by atoms with E-state index in [2.05, 4.69) is 0 Å². The fraction of sp³-hybridized carbons (Fsp3) is 0.267. The van der Waals surface area contributed by atoms with Gasteiger partial charge in [-0.25, -0.2) is 9.59 Å². The molecule has 0 aliphatic heterocycles. The van der Waals surface area contributed by atoms with Crippen molar-refractivity contribution in [3.8, 4) is 0 Å². The number of ether oxygens (including phenoxy) is 1. The third-order valence-corrected chi connectivity index (χ3v) is 2.39. The van der Waals surface area contributed by atoms with Gasteiger partial charge in [-0.05, 0) is 31.5 Å². The number of hydrogen-bond donors (Lipinski definition) is 3. The second-order valence-electron chi connectivity index (χ2n) is 4.94. The first-order valence-electron chi connectivity index (χ1n) is 6.37. The second-order valence-corrected chi connectivity index (χ2v) is 5.37. The minimum absolute atomic E-state index is 0.194. The van der Waals surface area contributed by atoms with Gasteiger partial charge < -0.3 is 20.7 Å². The molecule has 0 atom stereocenters. The Hall–Kier alpha value is -2.38. The number of carboxylic acids is 2. The van der Waals surface area contributed by atoms with Gasteiger partial charge in [0.1, 0.15) is 12.1 Å². The Morgan fingerprint density at radius 3 is 2.13 bits per heavy atom. The van der Waals surface area contributed by atoms with Crippen molar-refractivity contribution < 1.29 is 29.3 Å². The summed E-state index contributed by atoms with van der Waals surface area (Å²) in [6.07, 6.45) is 1.12. The monoisotopic (exact) mass is 343 g/mol. The first-order valence-corrected chi connectivity index (χ1v) is 6.74. The standard InChI is InChI=1S/C11H14ClNO2.C4H4O4/c1-11(2,13)10(14)15-7-8-4-3-5-9(12)6-8;5-3(6)1-2-4(7)8/h3-6H,7,13H2,1-2H3;1-2H,(H,5,6)(H,7,8)/b;2-1+. The first-order chi connectivity index (χ1) is 10.5. The predicted molar refractivity (Wildman–Crippen MR) is 83.9 cm³/mol. The van der Waals surface area contributed by atoms with Crippen LogP contribution in [-0.2, 0) is 25.7 Å². The van der Waals surface area contributed by atoms with E-state index in [0.717, 1.165) is 5.56 Å². The van der Waals surface area contributed by atoms with Crippen LogP contribution in [0.25, 0.3) is 0 Å². The lowest BCUT2D eigenvalue weighted by atomic mass is 10.1. The molecule has 0 spiro atoms. The quantitative estimate of drug-likeness (QED) is 0.549. The van der Waals surface area contributed by atoms with Crippen LogP contribution in [0.4, 0.5) is 0 Å². The van der Waals surface area contributed by atoms with Gasteiger partial charge >= 0.3 is 17.9 Å². The molecule has 4 N–H and O–H groups in total. The first kappa shape index (κ1) is 20.6. The summed E-state index contributed by atoms with van der Waals surface area (Å²) < 4.78 is 5.02. The van der Waals surface area contributed by atoms with Crippen LogP contribution in [0.2, 0.25) is 5.02 Å². The topological polar surface area (TPSA) is 127 Å². The summed E-state index contributed by atoms with van der Waals surface area (Å²) in [6, 6.07) is 7.15. The van der Waals surface area contributed by atoms with Crippen LogP contribution >= 0.6 is 11.6 Å². The molecule has 0 radical (unpaired) electrons. The van der Waals surface area contributed by atoms with Gasteiger partial charge in [0.05, 0.1) is 0 Å². The van der Waals surface area contributed by atoms with Gasteiger partial charge in [-0.2, -0.15) is 0 Å². The van der Waals surface area contributed by atoms with Crippen molar-refractivity contribution in [3.63, 3.8) is 0 Å². The number of aliphatic carboxylic acids is 2. The van der Waals surface area contributed by atoms with Crippen molar-refractivity contribution in [2.24, 2.45) is 5.73 Å². The van der Waals surface area contributed by atoms with Crippen molar-refractivity contribution in [1.82, 2.24) is 0 Å². The Labute approximate surface area is 138 Å². The van der Waals surface area contributed by atoms with E-state index in [4.69, 9.17) is 32.3 Å².